The monoisotopic (exact) mass is 290 g/mol. The largest absolute Gasteiger partial charge is 0.380 e. The first-order chi connectivity index (χ1) is 10.0. The zero-order valence-electron chi connectivity index (χ0n) is 11.5. The molecule has 0 saturated carbocycles. The number of anilines is 2. The number of carbonyl (C=O) groups is 1. The van der Waals surface area contributed by atoms with Crippen LogP contribution >= 0.6 is 0 Å². The number of rotatable bonds is 5. The molecule has 0 fully saturated rings. The molecule has 1 aromatic carbocycles. The fraction of sp³-hybridized carbons (Fsp3) is 0.231. The molecule has 1 aromatic heterocycles. The summed E-state index contributed by atoms with van der Waals surface area (Å²) in [4.78, 5) is 22.5. The predicted octanol–water partition coefficient (Wildman–Crippen LogP) is 2.58. The summed E-state index contributed by atoms with van der Waals surface area (Å²) in [5.74, 6) is 0.323. The van der Waals surface area contributed by atoms with Gasteiger partial charge in [-0.1, -0.05) is 5.16 Å². The molecule has 0 aliphatic rings. The molecule has 2 rings (SSSR count). The fourth-order valence-corrected chi connectivity index (χ4v) is 1.78. The van der Waals surface area contributed by atoms with Crippen LogP contribution in [-0.2, 0) is 0 Å². The Kier molecular flexibility index (Phi) is 4.17. The Bertz CT molecular complexity index is 681. The minimum atomic E-state index is -0.533. The highest BCUT2D eigenvalue weighted by molar-refractivity contribution is 6.04. The molecule has 1 amide bonds. The van der Waals surface area contributed by atoms with E-state index in [2.05, 4.69) is 15.8 Å². The van der Waals surface area contributed by atoms with Gasteiger partial charge < -0.3 is 15.2 Å². The molecule has 2 aromatic rings. The first-order valence-corrected chi connectivity index (χ1v) is 6.28. The van der Waals surface area contributed by atoms with Crippen LogP contribution in [-0.4, -0.2) is 22.5 Å². The van der Waals surface area contributed by atoms with Crippen molar-refractivity contribution >= 4 is 23.1 Å². The van der Waals surface area contributed by atoms with E-state index < -0.39 is 10.8 Å². The molecule has 0 spiro atoms. The third-order valence-electron chi connectivity index (χ3n) is 2.69. The van der Waals surface area contributed by atoms with E-state index in [0.29, 0.717) is 18.0 Å². The lowest BCUT2D eigenvalue weighted by molar-refractivity contribution is -0.384. The minimum Gasteiger partial charge on any atom is -0.380 e. The Morgan fingerprint density at radius 1 is 1.43 bits per heavy atom. The summed E-state index contributed by atoms with van der Waals surface area (Å²) < 4.78 is 4.83. The summed E-state index contributed by atoms with van der Waals surface area (Å²) in [6.45, 7) is 4.07. The average molecular weight is 290 g/mol. The van der Waals surface area contributed by atoms with E-state index >= 15 is 0 Å². The van der Waals surface area contributed by atoms with E-state index in [1.54, 1.807) is 13.0 Å². The number of hydrogen-bond donors (Lipinski definition) is 2. The van der Waals surface area contributed by atoms with Crippen LogP contribution in [0.25, 0.3) is 0 Å². The molecular weight excluding hydrogens is 276 g/mol. The van der Waals surface area contributed by atoms with Crippen molar-refractivity contribution in [2.75, 3.05) is 17.2 Å². The quantitative estimate of drug-likeness (QED) is 0.646. The molecule has 0 bridgehead atoms. The fourth-order valence-electron chi connectivity index (χ4n) is 1.78. The Labute approximate surface area is 120 Å². The van der Waals surface area contributed by atoms with Crippen LogP contribution in [0.4, 0.5) is 17.2 Å². The van der Waals surface area contributed by atoms with Gasteiger partial charge >= 0.3 is 0 Å². The number of benzene rings is 1. The molecule has 0 saturated heterocycles. The van der Waals surface area contributed by atoms with Crippen molar-refractivity contribution in [1.82, 2.24) is 5.16 Å². The standard InChI is InChI=1S/C13H14N4O4/c1-3-14-10-5-4-9(7-11(10)17(19)20)13(18)15-12-6-8(2)21-16-12/h4-7,14H,3H2,1-2H3,(H,15,16,18). The summed E-state index contributed by atoms with van der Waals surface area (Å²) in [5.41, 5.74) is 0.390. The molecule has 2 N–H and O–H groups in total. The average Bonchev–Trinajstić information content (AvgIpc) is 2.84. The SMILES string of the molecule is CCNc1ccc(C(=O)Nc2cc(C)on2)cc1[N+](=O)[O-]. The Morgan fingerprint density at radius 3 is 2.76 bits per heavy atom. The molecular formula is C13H14N4O4. The van der Waals surface area contributed by atoms with E-state index in [1.807, 2.05) is 6.92 Å². The minimum absolute atomic E-state index is 0.152. The van der Waals surface area contributed by atoms with E-state index in [0.717, 1.165) is 0 Å². The number of hydrogen-bond acceptors (Lipinski definition) is 6. The van der Waals surface area contributed by atoms with Crippen molar-refractivity contribution < 1.29 is 14.2 Å². The first kappa shape index (κ1) is 14.5. The van der Waals surface area contributed by atoms with Crippen LogP contribution in [0, 0.1) is 17.0 Å². The topological polar surface area (TPSA) is 110 Å². The van der Waals surface area contributed by atoms with Gasteiger partial charge in [0.15, 0.2) is 5.82 Å². The molecule has 0 radical (unpaired) electrons. The highest BCUT2D eigenvalue weighted by atomic mass is 16.6. The van der Waals surface area contributed by atoms with Gasteiger partial charge in [0.25, 0.3) is 11.6 Å². The highest BCUT2D eigenvalue weighted by Gasteiger charge is 2.17. The van der Waals surface area contributed by atoms with Crippen LogP contribution in [0.3, 0.4) is 0 Å². The van der Waals surface area contributed by atoms with Gasteiger partial charge in [0.1, 0.15) is 11.4 Å². The predicted molar refractivity (Wildman–Crippen MR) is 76.5 cm³/mol. The molecule has 8 heteroatoms. The summed E-state index contributed by atoms with van der Waals surface area (Å²) >= 11 is 0. The Balaban J connectivity index is 2.25. The van der Waals surface area contributed by atoms with E-state index in [1.165, 1.54) is 18.2 Å². The lowest BCUT2D eigenvalue weighted by atomic mass is 10.1. The molecule has 1 heterocycles. The van der Waals surface area contributed by atoms with Crippen LogP contribution in [0.2, 0.25) is 0 Å². The number of nitrogens with one attached hydrogen (secondary N) is 2. The van der Waals surface area contributed by atoms with E-state index in [9.17, 15) is 14.9 Å². The van der Waals surface area contributed by atoms with Crippen molar-refractivity contribution in [2.24, 2.45) is 0 Å². The number of nitro benzene ring substituents is 1. The normalized spacial score (nSPS) is 10.2. The van der Waals surface area contributed by atoms with Gasteiger partial charge in [-0.15, -0.1) is 0 Å². The Hall–Kier alpha value is -2.90. The molecule has 0 aliphatic heterocycles. The number of aryl methyl sites for hydroxylation is 1. The van der Waals surface area contributed by atoms with Gasteiger partial charge in [-0.2, -0.15) is 0 Å². The van der Waals surface area contributed by atoms with Crippen LogP contribution < -0.4 is 10.6 Å². The summed E-state index contributed by atoms with van der Waals surface area (Å²) in [5, 5.41) is 20.1. The van der Waals surface area contributed by atoms with Gasteiger partial charge in [-0.05, 0) is 26.0 Å². The maximum atomic E-state index is 12.0. The van der Waals surface area contributed by atoms with Crippen molar-refractivity contribution in [2.45, 2.75) is 13.8 Å². The van der Waals surface area contributed by atoms with Gasteiger partial charge in [0, 0.05) is 24.2 Å². The first-order valence-electron chi connectivity index (χ1n) is 6.28. The molecule has 0 atom stereocenters. The van der Waals surface area contributed by atoms with Gasteiger partial charge in [0.05, 0.1) is 4.92 Å². The zero-order valence-corrected chi connectivity index (χ0v) is 11.5. The molecule has 21 heavy (non-hydrogen) atoms. The number of amides is 1. The van der Waals surface area contributed by atoms with Gasteiger partial charge in [-0.25, -0.2) is 0 Å². The second kappa shape index (κ2) is 6.04. The number of nitro groups is 1. The smallest absolute Gasteiger partial charge is 0.293 e. The third-order valence-corrected chi connectivity index (χ3v) is 2.69. The Morgan fingerprint density at radius 2 is 2.19 bits per heavy atom. The molecule has 0 aliphatic carbocycles. The van der Waals surface area contributed by atoms with Crippen molar-refractivity contribution in [3.05, 3.63) is 45.7 Å². The third kappa shape index (κ3) is 3.35. The maximum absolute atomic E-state index is 12.0. The zero-order chi connectivity index (χ0) is 15.4. The van der Waals surface area contributed by atoms with Gasteiger partial charge in [0.2, 0.25) is 0 Å². The van der Waals surface area contributed by atoms with Crippen molar-refractivity contribution in [3.63, 3.8) is 0 Å². The van der Waals surface area contributed by atoms with Crippen LogP contribution in [0.15, 0.2) is 28.8 Å². The van der Waals surface area contributed by atoms with Crippen molar-refractivity contribution in [1.29, 1.82) is 0 Å². The second-order valence-electron chi connectivity index (χ2n) is 4.30. The number of nitrogens with zero attached hydrogens (tertiary/aromatic N) is 2. The van der Waals surface area contributed by atoms with E-state index in [4.69, 9.17) is 4.52 Å². The highest BCUT2D eigenvalue weighted by Crippen LogP contribution is 2.25. The van der Waals surface area contributed by atoms with Gasteiger partial charge in [-0.3, -0.25) is 14.9 Å². The van der Waals surface area contributed by atoms with Crippen LogP contribution in [0.1, 0.15) is 23.0 Å². The summed E-state index contributed by atoms with van der Waals surface area (Å²) in [6, 6.07) is 5.79. The molecule has 110 valence electrons. The lowest BCUT2D eigenvalue weighted by Gasteiger charge is -2.06. The van der Waals surface area contributed by atoms with E-state index in [-0.39, 0.29) is 17.1 Å². The maximum Gasteiger partial charge on any atom is 0.293 e. The molecule has 8 nitrogen and oxygen atoms in total. The molecule has 0 unspecified atom stereocenters. The van der Waals surface area contributed by atoms with Crippen LogP contribution in [0.5, 0.6) is 0 Å². The second-order valence-corrected chi connectivity index (χ2v) is 4.30. The summed E-state index contributed by atoms with van der Waals surface area (Å²) in [7, 11) is 0. The lowest BCUT2D eigenvalue weighted by Crippen LogP contribution is -2.13. The number of carbonyl (C=O) groups excluding carboxylic acids is 1. The van der Waals surface area contributed by atoms with Crippen molar-refractivity contribution in [3.8, 4) is 0 Å². The number of aromatic nitrogens is 1. The summed E-state index contributed by atoms with van der Waals surface area (Å²) in [6.07, 6.45) is 0.